The van der Waals surface area contributed by atoms with Crippen LogP contribution in [0.25, 0.3) is 0 Å². The van der Waals surface area contributed by atoms with E-state index in [9.17, 15) is 13.2 Å². The van der Waals surface area contributed by atoms with E-state index in [1.807, 2.05) is 10.8 Å². The molecule has 0 aliphatic heterocycles. The standard InChI is InChI=1S/C11H12N2O4S/c1-7-3-4-9(6-12)5-10(7)18(16,17)13-8(2)11(14)15/h3-5,8,13H,1-2H3,(H,14,15). The molecule has 1 aromatic carbocycles. The number of carboxylic acid groups (broad SMARTS) is 1. The minimum Gasteiger partial charge on any atom is -0.480 e. The minimum atomic E-state index is -3.95. The van der Waals surface area contributed by atoms with Gasteiger partial charge in [-0.15, -0.1) is 0 Å². The number of carbonyl (C=O) groups is 1. The number of carboxylic acids is 1. The third-order valence-corrected chi connectivity index (χ3v) is 3.99. The van der Waals surface area contributed by atoms with Gasteiger partial charge in [-0.05, 0) is 31.5 Å². The van der Waals surface area contributed by atoms with E-state index >= 15 is 0 Å². The monoisotopic (exact) mass is 268 g/mol. The molecule has 2 N–H and O–H groups in total. The van der Waals surface area contributed by atoms with Crippen LogP contribution in [-0.2, 0) is 14.8 Å². The number of sulfonamides is 1. The highest BCUT2D eigenvalue weighted by molar-refractivity contribution is 7.89. The third-order valence-electron chi connectivity index (χ3n) is 2.31. The second-order valence-electron chi connectivity index (χ2n) is 3.77. The van der Waals surface area contributed by atoms with Crippen molar-refractivity contribution < 1.29 is 18.3 Å². The Bertz CT molecular complexity index is 616. The van der Waals surface area contributed by atoms with Crippen molar-refractivity contribution in [2.24, 2.45) is 0 Å². The first kappa shape index (κ1) is 14.2. The zero-order chi connectivity index (χ0) is 13.9. The van der Waals surface area contributed by atoms with E-state index < -0.39 is 22.0 Å². The molecule has 0 aliphatic carbocycles. The van der Waals surface area contributed by atoms with E-state index in [1.54, 1.807) is 6.92 Å². The number of rotatable bonds is 4. The van der Waals surface area contributed by atoms with Crippen LogP contribution in [0.3, 0.4) is 0 Å². The summed E-state index contributed by atoms with van der Waals surface area (Å²) in [5.41, 5.74) is 0.642. The Morgan fingerprint density at radius 3 is 2.61 bits per heavy atom. The summed E-state index contributed by atoms with van der Waals surface area (Å²) in [6.45, 7) is 2.80. The van der Waals surface area contributed by atoms with Gasteiger partial charge < -0.3 is 5.11 Å². The summed E-state index contributed by atoms with van der Waals surface area (Å²) in [6, 6.07) is 4.81. The summed E-state index contributed by atoms with van der Waals surface area (Å²) >= 11 is 0. The number of nitrogens with zero attached hydrogens (tertiary/aromatic N) is 1. The van der Waals surface area contributed by atoms with Crippen LogP contribution in [0.15, 0.2) is 23.1 Å². The van der Waals surface area contributed by atoms with Crippen LogP contribution in [0.4, 0.5) is 0 Å². The lowest BCUT2D eigenvalue weighted by atomic mass is 10.2. The van der Waals surface area contributed by atoms with Gasteiger partial charge in [-0.1, -0.05) is 6.07 Å². The molecule has 6 nitrogen and oxygen atoms in total. The first-order valence-electron chi connectivity index (χ1n) is 5.04. The number of hydrogen-bond acceptors (Lipinski definition) is 4. The summed E-state index contributed by atoms with van der Waals surface area (Å²) in [4.78, 5) is 10.5. The molecule has 96 valence electrons. The van der Waals surface area contributed by atoms with E-state index in [1.165, 1.54) is 25.1 Å². The van der Waals surface area contributed by atoms with Gasteiger partial charge in [-0.3, -0.25) is 4.79 Å². The summed E-state index contributed by atoms with van der Waals surface area (Å²) in [6.07, 6.45) is 0. The van der Waals surface area contributed by atoms with Crippen LogP contribution in [0, 0.1) is 18.3 Å². The maximum atomic E-state index is 12.0. The molecule has 0 bridgehead atoms. The molecule has 0 radical (unpaired) electrons. The molecule has 0 aliphatic rings. The maximum absolute atomic E-state index is 12.0. The molecule has 0 amide bonds. The fourth-order valence-corrected chi connectivity index (χ4v) is 2.77. The molecular weight excluding hydrogens is 256 g/mol. The van der Waals surface area contributed by atoms with Gasteiger partial charge >= 0.3 is 5.97 Å². The lowest BCUT2D eigenvalue weighted by molar-refractivity contribution is -0.138. The molecule has 0 heterocycles. The number of nitrogens with one attached hydrogen (secondary N) is 1. The molecule has 0 fully saturated rings. The van der Waals surface area contributed by atoms with Crippen LogP contribution in [0.5, 0.6) is 0 Å². The summed E-state index contributed by atoms with van der Waals surface area (Å²) < 4.78 is 25.9. The molecule has 0 saturated carbocycles. The number of aliphatic carboxylic acids is 1. The zero-order valence-corrected chi connectivity index (χ0v) is 10.7. The van der Waals surface area contributed by atoms with E-state index in [-0.39, 0.29) is 10.5 Å². The van der Waals surface area contributed by atoms with Gasteiger partial charge in [0.05, 0.1) is 16.5 Å². The summed E-state index contributed by atoms with van der Waals surface area (Å²) in [7, 11) is -3.95. The number of benzene rings is 1. The van der Waals surface area contributed by atoms with Crippen LogP contribution in [0.1, 0.15) is 18.1 Å². The Hall–Kier alpha value is -1.91. The van der Waals surface area contributed by atoms with Gasteiger partial charge in [-0.25, -0.2) is 8.42 Å². The predicted octanol–water partition coefficient (Wildman–Crippen LogP) is 0.618. The largest absolute Gasteiger partial charge is 0.480 e. The fourth-order valence-electron chi connectivity index (χ4n) is 1.31. The average Bonchev–Trinajstić information content (AvgIpc) is 2.28. The highest BCUT2D eigenvalue weighted by atomic mass is 32.2. The first-order valence-corrected chi connectivity index (χ1v) is 6.52. The lowest BCUT2D eigenvalue weighted by Crippen LogP contribution is -2.38. The van der Waals surface area contributed by atoms with E-state index in [2.05, 4.69) is 0 Å². The topological polar surface area (TPSA) is 107 Å². The summed E-state index contributed by atoms with van der Waals surface area (Å²) in [5, 5.41) is 17.4. The molecule has 7 heteroatoms. The van der Waals surface area contributed by atoms with Crippen molar-refractivity contribution in [3.63, 3.8) is 0 Å². The average molecular weight is 268 g/mol. The van der Waals surface area contributed by atoms with Crippen LogP contribution >= 0.6 is 0 Å². The Labute approximate surface area is 105 Å². The van der Waals surface area contributed by atoms with E-state index in [0.29, 0.717) is 5.56 Å². The smallest absolute Gasteiger partial charge is 0.321 e. The molecule has 0 spiro atoms. The van der Waals surface area contributed by atoms with Gasteiger partial charge in [0, 0.05) is 0 Å². The summed E-state index contributed by atoms with van der Waals surface area (Å²) in [5.74, 6) is -1.27. The molecule has 1 atom stereocenters. The molecular formula is C11H12N2O4S. The number of hydrogen-bond donors (Lipinski definition) is 2. The van der Waals surface area contributed by atoms with Crippen LogP contribution < -0.4 is 4.72 Å². The Balaban J connectivity index is 3.21. The van der Waals surface area contributed by atoms with E-state index in [0.717, 1.165) is 0 Å². The first-order chi connectivity index (χ1) is 8.27. The van der Waals surface area contributed by atoms with E-state index in [4.69, 9.17) is 10.4 Å². The second kappa shape index (κ2) is 5.16. The van der Waals surface area contributed by atoms with Crippen molar-refractivity contribution in [1.29, 1.82) is 5.26 Å². The predicted molar refractivity (Wildman–Crippen MR) is 63.3 cm³/mol. The van der Waals surface area contributed by atoms with Gasteiger partial charge in [0.2, 0.25) is 10.0 Å². The van der Waals surface area contributed by atoms with Gasteiger partial charge in [0.25, 0.3) is 0 Å². The molecule has 1 rings (SSSR count). The molecule has 1 unspecified atom stereocenters. The van der Waals surface area contributed by atoms with Crippen molar-refractivity contribution in [1.82, 2.24) is 4.72 Å². The number of aryl methyl sites for hydroxylation is 1. The van der Waals surface area contributed by atoms with Gasteiger partial charge in [-0.2, -0.15) is 9.98 Å². The normalized spacial score (nSPS) is 12.7. The Morgan fingerprint density at radius 1 is 1.50 bits per heavy atom. The van der Waals surface area contributed by atoms with Crippen molar-refractivity contribution in [2.75, 3.05) is 0 Å². The van der Waals surface area contributed by atoms with Crippen LogP contribution in [-0.4, -0.2) is 25.5 Å². The molecule has 0 saturated heterocycles. The Morgan fingerprint density at radius 2 is 2.11 bits per heavy atom. The molecule has 0 aromatic heterocycles. The highest BCUT2D eigenvalue weighted by Crippen LogP contribution is 2.17. The minimum absolute atomic E-state index is 0.0883. The van der Waals surface area contributed by atoms with Crippen molar-refractivity contribution >= 4 is 16.0 Å². The highest BCUT2D eigenvalue weighted by Gasteiger charge is 2.23. The fraction of sp³-hybridized carbons (Fsp3) is 0.273. The van der Waals surface area contributed by atoms with Crippen LogP contribution in [0.2, 0.25) is 0 Å². The zero-order valence-electron chi connectivity index (χ0n) is 9.84. The lowest BCUT2D eigenvalue weighted by Gasteiger charge is -2.12. The van der Waals surface area contributed by atoms with Crippen molar-refractivity contribution in [2.45, 2.75) is 24.8 Å². The maximum Gasteiger partial charge on any atom is 0.321 e. The van der Waals surface area contributed by atoms with Gasteiger partial charge in [0.1, 0.15) is 6.04 Å². The van der Waals surface area contributed by atoms with Gasteiger partial charge in [0.15, 0.2) is 0 Å². The SMILES string of the molecule is Cc1ccc(C#N)cc1S(=O)(=O)NC(C)C(=O)O. The Kier molecular flexibility index (Phi) is 4.06. The number of nitriles is 1. The molecule has 18 heavy (non-hydrogen) atoms. The van der Waals surface area contributed by atoms with Crippen molar-refractivity contribution in [3.05, 3.63) is 29.3 Å². The quantitative estimate of drug-likeness (QED) is 0.832. The van der Waals surface area contributed by atoms with Crippen molar-refractivity contribution in [3.8, 4) is 6.07 Å². The second-order valence-corrected chi connectivity index (χ2v) is 5.46. The molecule has 1 aromatic rings. The third kappa shape index (κ3) is 3.06.